The molecule has 0 aliphatic rings. The van der Waals surface area contributed by atoms with Crippen LogP contribution in [-0.4, -0.2) is 32.7 Å². The average Bonchev–Trinajstić information content (AvgIpc) is 3.42. The van der Waals surface area contributed by atoms with Crippen molar-refractivity contribution in [3.05, 3.63) is 126 Å². The van der Waals surface area contributed by atoms with Crippen LogP contribution in [0.2, 0.25) is 0 Å². The number of amides is 1. The Morgan fingerprint density at radius 2 is 1.28 bits per heavy atom. The summed E-state index contributed by atoms with van der Waals surface area (Å²) >= 11 is 0. The molecule has 1 aromatic heterocycles. The minimum atomic E-state index is -0.711. The van der Waals surface area contributed by atoms with Gasteiger partial charge in [-0.2, -0.15) is 5.26 Å². The van der Waals surface area contributed by atoms with E-state index in [0.29, 0.717) is 33.9 Å². The van der Waals surface area contributed by atoms with Gasteiger partial charge in [-0.25, -0.2) is 0 Å². The largest absolute Gasteiger partial charge is 0.497 e. The van der Waals surface area contributed by atoms with E-state index in [4.69, 9.17) is 18.6 Å². The molecule has 8 nitrogen and oxygen atoms in total. The van der Waals surface area contributed by atoms with Crippen molar-refractivity contribution in [2.24, 2.45) is 0 Å². The molecule has 0 fully saturated rings. The van der Waals surface area contributed by atoms with Crippen molar-refractivity contribution in [2.45, 2.75) is 5.92 Å². The fourth-order valence-corrected chi connectivity index (χ4v) is 4.74. The molecule has 0 radical (unpaired) electrons. The van der Waals surface area contributed by atoms with Crippen LogP contribution in [0.25, 0.3) is 22.5 Å². The number of nitrogens with one attached hydrogen (secondary N) is 1. The maximum atomic E-state index is 13.3. The van der Waals surface area contributed by atoms with E-state index in [1.165, 1.54) is 0 Å². The Kier molecular flexibility index (Phi) is 8.84. The van der Waals surface area contributed by atoms with Gasteiger partial charge in [0.25, 0.3) is 5.91 Å². The van der Waals surface area contributed by atoms with Crippen LogP contribution in [0.15, 0.2) is 114 Å². The molecule has 5 rings (SSSR count). The summed E-state index contributed by atoms with van der Waals surface area (Å²) in [5.74, 6) is -0.311. The molecule has 0 saturated carbocycles. The van der Waals surface area contributed by atoms with Gasteiger partial charge in [0.15, 0.2) is 6.61 Å². The fraction of sp³-hybridized carbons (Fsp3) is 0.114. The molecule has 0 bridgehead atoms. The van der Waals surface area contributed by atoms with E-state index in [1.807, 2.05) is 60.7 Å². The predicted molar refractivity (Wildman–Crippen MR) is 162 cm³/mol. The smallest absolute Gasteiger partial charge is 0.318 e. The number of methoxy groups -OCH3 is 2. The van der Waals surface area contributed by atoms with Crippen molar-refractivity contribution >= 4 is 17.8 Å². The molecule has 0 unspecified atom stereocenters. The number of ether oxygens (including phenoxy) is 3. The van der Waals surface area contributed by atoms with Gasteiger partial charge in [-0.05, 0) is 53.1 Å². The molecule has 0 saturated heterocycles. The van der Waals surface area contributed by atoms with E-state index in [0.717, 1.165) is 11.1 Å². The monoisotopic (exact) mass is 572 g/mol. The highest BCUT2D eigenvalue weighted by atomic mass is 16.5. The highest BCUT2D eigenvalue weighted by Crippen LogP contribution is 2.42. The lowest BCUT2D eigenvalue weighted by molar-refractivity contribution is -0.148. The maximum Gasteiger partial charge on any atom is 0.318 e. The van der Waals surface area contributed by atoms with Crippen LogP contribution in [-0.2, 0) is 14.3 Å². The summed E-state index contributed by atoms with van der Waals surface area (Å²) < 4.78 is 22.1. The number of esters is 1. The number of nitrogens with zero attached hydrogens (tertiary/aromatic N) is 1. The molecule has 1 N–H and O–H groups in total. The van der Waals surface area contributed by atoms with Crippen molar-refractivity contribution < 1.29 is 28.2 Å². The van der Waals surface area contributed by atoms with Gasteiger partial charge < -0.3 is 18.6 Å². The second-order valence-electron chi connectivity index (χ2n) is 9.49. The number of nitriles is 1. The van der Waals surface area contributed by atoms with E-state index in [1.54, 1.807) is 62.8 Å². The van der Waals surface area contributed by atoms with Crippen LogP contribution in [0.3, 0.4) is 0 Å². The first kappa shape index (κ1) is 28.7. The quantitative estimate of drug-likeness (QED) is 0.183. The Labute approximate surface area is 249 Å². The Balaban J connectivity index is 1.41. The topological polar surface area (TPSA) is 111 Å². The third kappa shape index (κ3) is 6.42. The summed E-state index contributed by atoms with van der Waals surface area (Å²) in [5.41, 5.74) is 3.46. The van der Waals surface area contributed by atoms with Gasteiger partial charge in [0.2, 0.25) is 5.88 Å². The predicted octanol–water partition coefficient (Wildman–Crippen LogP) is 6.82. The summed E-state index contributed by atoms with van der Waals surface area (Å²) in [5, 5.41) is 12.8. The van der Waals surface area contributed by atoms with E-state index in [2.05, 4.69) is 11.4 Å². The highest BCUT2D eigenvalue weighted by Gasteiger charge is 2.27. The van der Waals surface area contributed by atoms with Gasteiger partial charge >= 0.3 is 5.97 Å². The van der Waals surface area contributed by atoms with E-state index >= 15 is 0 Å². The van der Waals surface area contributed by atoms with E-state index in [9.17, 15) is 14.9 Å². The number of hydrogen-bond acceptors (Lipinski definition) is 7. The molecule has 8 heteroatoms. The zero-order valence-corrected chi connectivity index (χ0v) is 23.6. The minimum Gasteiger partial charge on any atom is -0.497 e. The number of anilines is 1. The normalized spacial score (nSPS) is 10.6. The number of hydrogen-bond donors (Lipinski definition) is 1. The van der Waals surface area contributed by atoms with E-state index in [-0.39, 0.29) is 11.4 Å². The minimum absolute atomic E-state index is 0.0529. The molecule has 4 aromatic carbocycles. The summed E-state index contributed by atoms with van der Waals surface area (Å²) in [4.78, 5) is 26.3. The van der Waals surface area contributed by atoms with Crippen LogP contribution in [0.4, 0.5) is 5.88 Å². The molecule has 43 heavy (non-hydrogen) atoms. The Bertz CT molecular complexity index is 1700. The molecule has 5 aromatic rings. The fourth-order valence-electron chi connectivity index (χ4n) is 4.74. The maximum absolute atomic E-state index is 13.3. The van der Waals surface area contributed by atoms with Gasteiger partial charge in [-0.1, -0.05) is 72.8 Å². The highest BCUT2D eigenvalue weighted by molar-refractivity contribution is 5.97. The third-order valence-corrected chi connectivity index (χ3v) is 6.85. The van der Waals surface area contributed by atoms with Crippen LogP contribution in [0, 0.1) is 11.3 Å². The zero-order valence-electron chi connectivity index (χ0n) is 23.6. The first-order valence-electron chi connectivity index (χ1n) is 13.4. The lowest BCUT2D eigenvalue weighted by Gasteiger charge is -2.16. The van der Waals surface area contributed by atoms with Crippen LogP contribution in [0.5, 0.6) is 11.5 Å². The Morgan fingerprint density at radius 1 is 0.767 bits per heavy atom. The molecule has 214 valence electrons. The lowest BCUT2D eigenvalue weighted by Crippen LogP contribution is -2.24. The van der Waals surface area contributed by atoms with Crippen molar-refractivity contribution in [1.82, 2.24) is 0 Å². The van der Waals surface area contributed by atoms with Gasteiger partial charge in [0.1, 0.15) is 34.8 Å². The second kappa shape index (κ2) is 13.2. The molecular weight excluding hydrogens is 544 g/mol. The molecule has 0 aliphatic heterocycles. The summed E-state index contributed by atoms with van der Waals surface area (Å²) in [6.07, 6.45) is 0. The standard InChI is InChI=1S/C35H28N2O6/c1-40-27-17-13-25(14-18-27)32-29(21-36)34(43-33(32)26-15-19-28(41-2)20-16-26)37-30(38)22-42-35(39)31(23-9-5-3-6-10-23)24-11-7-4-8-12-24/h3-20,31H,22H2,1-2H3,(H,37,38). The van der Waals surface area contributed by atoms with Crippen molar-refractivity contribution in [3.8, 4) is 40.0 Å². The van der Waals surface area contributed by atoms with Gasteiger partial charge in [0.05, 0.1) is 14.2 Å². The van der Waals surface area contributed by atoms with Crippen LogP contribution in [0.1, 0.15) is 22.6 Å². The Morgan fingerprint density at radius 3 is 1.77 bits per heavy atom. The van der Waals surface area contributed by atoms with Gasteiger partial charge in [0, 0.05) is 11.1 Å². The number of furan rings is 1. The van der Waals surface area contributed by atoms with Crippen molar-refractivity contribution in [3.63, 3.8) is 0 Å². The number of carbonyl (C=O) groups is 2. The SMILES string of the molecule is COc1ccc(-c2oc(NC(=O)COC(=O)C(c3ccccc3)c3ccccc3)c(C#N)c2-c2ccc(OC)cc2)cc1. The van der Waals surface area contributed by atoms with Gasteiger partial charge in [-0.15, -0.1) is 0 Å². The van der Waals surface area contributed by atoms with Crippen LogP contribution < -0.4 is 14.8 Å². The second-order valence-corrected chi connectivity index (χ2v) is 9.49. The summed E-state index contributed by atoms with van der Waals surface area (Å²) in [6.45, 7) is -0.573. The zero-order chi connectivity index (χ0) is 30.2. The molecule has 0 aliphatic carbocycles. The number of carbonyl (C=O) groups excluding carboxylic acids is 2. The van der Waals surface area contributed by atoms with Gasteiger partial charge in [-0.3, -0.25) is 14.9 Å². The average molecular weight is 573 g/mol. The first-order chi connectivity index (χ1) is 21.0. The molecule has 0 spiro atoms. The van der Waals surface area contributed by atoms with Crippen molar-refractivity contribution in [1.29, 1.82) is 5.26 Å². The lowest BCUT2D eigenvalue weighted by atomic mass is 9.91. The first-order valence-corrected chi connectivity index (χ1v) is 13.4. The molecule has 1 heterocycles. The Hall–Kier alpha value is -5.81. The molecule has 0 atom stereocenters. The third-order valence-electron chi connectivity index (χ3n) is 6.85. The summed E-state index contributed by atoms with van der Waals surface area (Å²) in [6, 6.07) is 34.9. The molecule has 1 amide bonds. The van der Waals surface area contributed by atoms with Crippen molar-refractivity contribution in [2.75, 3.05) is 26.1 Å². The van der Waals surface area contributed by atoms with Crippen LogP contribution >= 0.6 is 0 Å². The molecular formula is C35H28N2O6. The number of rotatable bonds is 10. The van der Waals surface area contributed by atoms with E-state index < -0.39 is 24.4 Å². The number of benzene rings is 4. The summed E-state index contributed by atoms with van der Waals surface area (Å²) in [7, 11) is 3.14.